The standard InChI is InChI=1S/C8H9ClN2/c9-7-3-4-8(11-6-7)2-1-5-10/h1-4,6H,5,10H2. The van der Waals surface area contributed by atoms with E-state index in [4.69, 9.17) is 17.3 Å². The van der Waals surface area contributed by atoms with Gasteiger partial charge in [0, 0.05) is 12.7 Å². The quantitative estimate of drug-likeness (QED) is 0.730. The van der Waals surface area contributed by atoms with E-state index in [2.05, 4.69) is 4.98 Å². The number of nitrogens with two attached hydrogens (primary N) is 1. The van der Waals surface area contributed by atoms with Gasteiger partial charge in [0.05, 0.1) is 10.7 Å². The maximum Gasteiger partial charge on any atom is 0.0628 e. The highest BCUT2D eigenvalue weighted by Gasteiger charge is 1.87. The highest BCUT2D eigenvalue weighted by atomic mass is 35.5. The Morgan fingerprint density at radius 3 is 2.91 bits per heavy atom. The minimum atomic E-state index is 0.532. The van der Waals surface area contributed by atoms with Crippen LogP contribution >= 0.6 is 11.6 Å². The van der Waals surface area contributed by atoms with Gasteiger partial charge >= 0.3 is 0 Å². The molecule has 0 bridgehead atoms. The number of rotatable bonds is 2. The van der Waals surface area contributed by atoms with Gasteiger partial charge in [-0.3, -0.25) is 4.98 Å². The van der Waals surface area contributed by atoms with Gasteiger partial charge in [0.2, 0.25) is 0 Å². The lowest BCUT2D eigenvalue weighted by Gasteiger charge is -1.90. The molecule has 58 valence electrons. The number of hydrogen-bond acceptors (Lipinski definition) is 2. The fourth-order valence-electron chi connectivity index (χ4n) is 0.675. The number of hydrogen-bond donors (Lipinski definition) is 1. The van der Waals surface area contributed by atoms with E-state index in [1.54, 1.807) is 12.3 Å². The highest BCUT2D eigenvalue weighted by molar-refractivity contribution is 6.30. The van der Waals surface area contributed by atoms with Gasteiger partial charge in [0.15, 0.2) is 0 Å². The summed E-state index contributed by atoms with van der Waals surface area (Å²) < 4.78 is 0. The van der Waals surface area contributed by atoms with Crippen molar-refractivity contribution < 1.29 is 0 Å². The first-order valence-corrected chi connectivity index (χ1v) is 3.69. The summed E-state index contributed by atoms with van der Waals surface area (Å²) in [6.45, 7) is 0.532. The van der Waals surface area contributed by atoms with Gasteiger partial charge in [0.1, 0.15) is 0 Å². The molecule has 0 saturated heterocycles. The third kappa shape index (κ3) is 2.70. The molecule has 0 aliphatic carbocycles. The molecule has 0 aliphatic rings. The molecule has 1 rings (SSSR count). The van der Waals surface area contributed by atoms with Crippen LogP contribution < -0.4 is 5.73 Å². The Balaban J connectivity index is 2.73. The topological polar surface area (TPSA) is 38.9 Å². The molecule has 0 saturated carbocycles. The Bertz CT molecular complexity index is 241. The van der Waals surface area contributed by atoms with Gasteiger partial charge in [-0.05, 0) is 18.2 Å². The molecule has 0 aliphatic heterocycles. The van der Waals surface area contributed by atoms with E-state index in [1.165, 1.54) is 0 Å². The number of pyridine rings is 1. The molecule has 1 heterocycles. The molecular formula is C8H9ClN2. The van der Waals surface area contributed by atoms with Crippen LogP contribution in [0.3, 0.4) is 0 Å². The molecule has 0 amide bonds. The van der Waals surface area contributed by atoms with Crippen LogP contribution in [0.4, 0.5) is 0 Å². The summed E-state index contributed by atoms with van der Waals surface area (Å²) >= 11 is 5.63. The first-order chi connectivity index (χ1) is 5.33. The molecule has 0 radical (unpaired) electrons. The molecule has 1 aromatic heterocycles. The normalized spacial score (nSPS) is 10.7. The van der Waals surface area contributed by atoms with Gasteiger partial charge in [-0.1, -0.05) is 17.7 Å². The van der Waals surface area contributed by atoms with Crippen molar-refractivity contribution in [2.45, 2.75) is 0 Å². The van der Waals surface area contributed by atoms with Crippen LogP contribution in [0.15, 0.2) is 24.4 Å². The van der Waals surface area contributed by atoms with E-state index in [9.17, 15) is 0 Å². The Kier molecular flexibility index (Phi) is 3.08. The van der Waals surface area contributed by atoms with E-state index < -0.39 is 0 Å². The molecule has 2 N–H and O–H groups in total. The fourth-order valence-corrected chi connectivity index (χ4v) is 0.786. The van der Waals surface area contributed by atoms with Gasteiger partial charge in [-0.25, -0.2) is 0 Å². The zero-order valence-electron chi connectivity index (χ0n) is 6.00. The van der Waals surface area contributed by atoms with E-state index in [1.807, 2.05) is 18.2 Å². The molecule has 0 atom stereocenters. The molecule has 0 spiro atoms. The third-order valence-electron chi connectivity index (χ3n) is 1.17. The zero-order valence-corrected chi connectivity index (χ0v) is 6.75. The molecule has 1 aromatic rings. The van der Waals surface area contributed by atoms with Crippen molar-refractivity contribution >= 4 is 17.7 Å². The maximum atomic E-state index is 5.63. The molecular weight excluding hydrogens is 160 g/mol. The van der Waals surface area contributed by atoms with Crippen LogP contribution in [0.1, 0.15) is 5.69 Å². The SMILES string of the molecule is NCC=Cc1ccc(Cl)cn1. The van der Waals surface area contributed by atoms with Gasteiger partial charge < -0.3 is 5.73 Å². The van der Waals surface area contributed by atoms with Crippen molar-refractivity contribution in [1.82, 2.24) is 4.98 Å². The van der Waals surface area contributed by atoms with Gasteiger partial charge in [0.25, 0.3) is 0 Å². The summed E-state index contributed by atoms with van der Waals surface area (Å²) in [4.78, 5) is 4.04. The molecule has 2 nitrogen and oxygen atoms in total. The minimum Gasteiger partial charge on any atom is -0.327 e. The van der Waals surface area contributed by atoms with Gasteiger partial charge in [-0.15, -0.1) is 0 Å². The van der Waals surface area contributed by atoms with Crippen molar-refractivity contribution in [2.75, 3.05) is 6.54 Å². The summed E-state index contributed by atoms with van der Waals surface area (Å²) in [6.07, 6.45) is 5.31. The monoisotopic (exact) mass is 168 g/mol. The predicted octanol–water partition coefficient (Wildman–Crippen LogP) is 1.71. The summed E-state index contributed by atoms with van der Waals surface area (Å²) in [5.74, 6) is 0. The molecule has 0 fully saturated rings. The second kappa shape index (κ2) is 4.11. The van der Waals surface area contributed by atoms with Crippen LogP contribution in [0.25, 0.3) is 6.08 Å². The number of aromatic nitrogens is 1. The van der Waals surface area contributed by atoms with Crippen LogP contribution in [-0.2, 0) is 0 Å². The average Bonchev–Trinajstić information content (AvgIpc) is 2.04. The maximum absolute atomic E-state index is 5.63. The lowest BCUT2D eigenvalue weighted by molar-refractivity contribution is 1.25. The van der Waals surface area contributed by atoms with Crippen LogP contribution in [0, 0.1) is 0 Å². The van der Waals surface area contributed by atoms with Crippen molar-refractivity contribution in [2.24, 2.45) is 5.73 Å². The summed E-state index contributed by atoms with van der Waals surface area (Å²) in [6, 6.07) is 3.64. The third-order valence-corrected chi connectivity index (χ3v) is 1.40. The van der Waals surface area contributed by atoms with Crippen LogP contribution in [-0.4, -0.2) is 11.5 Å². The smallest absolute Gasteiger partial charge is 0.0628 e. The van der Waals surface area contributed by atoms with Crippen LogP contribution in [0.5, 0.6) is 0 Å². The highest BCUT2D eigenvalue weighted by Crippen LogP contribution is 2.06. The Hall–Kier alpha value is -0.860. The van der Waals surface area contributed by atoms with E-state index >= 15 is 0 Å². The van der Waals surface area contributed by atoms with E-state index in [-0.39, 0.29) is 0 Å². The zero-order chi connectivity index (χ0) is 8.10. The fraction of sp³-hybridized carbons (Fsp3) is 0.125. The largest absolute Gasteiger partial charge is 0.327 e. The first-order valence-electron chi connectivity index (χ1n) is 3.31. The minimum absolute atomic E-state index is 0.532. The molecule has 11 heavy (non-hydrogen) atoms. The number of halogens is 1. The average molecular weight is 169 g/mol. The Labute approximate surface area is 70.7 Å². The van der Waals surface area contributed by atoms with Gasteiger partial charge in [-0.2, -0.15) is 0 Å². The van der Waals surface area contributed by atoms with Crippen molar-refractivity contribution in [3.05, 3.63) is 35.1 Å². The van der Waals surface area contributed by atoms with E-state index in [0.29, 0.717) is 11.6 Å². The summed E-state index contributed by atoms with van der Waals surface area (Å²) in [7, 11) is 0. The Morgan fingerprint density at radius 2 is 2.36 bits per heavy atom. The molecule has 0 unspecified atom stereocenters. The predicted molar refractivity (Wildman–Crippen MR) is 47.3 cm³/mol. The molecule has 3 heteroatoms. The first kappa shape index (κ1) is 8.24. The molecule has 0 aromatic carbocycles. The summed E-state index contributed by atoms with van der Waals surface area (Å²) in [5.41, 5.74) is 6.14. The van der Waals surface area contributed by atoms with Crippen molar-refractivity contribution in [3.63, 3.8) is 0 Å². The van der Waals surface area contributed by atoms with Crippen molar-refractivity contribution in [3.8, 4) is 0 Å². The second-order valence-electron chi connectivity index (χ2n) is 2.04. The second-order valence-corrected chi connectivity index (χ2v) is 2.48. The van der Waals surface area contributed by atoms with Crippen molar-refractivity contribution in [1.29, 1.82) is 0 Å². The lowest BCUT2D eigenvalue weighted by atomic mass is 10.3. The lowest BCUT2D eigenvalue weighted by Crippen LogP contribution is -1.92. The summed E-state index contributed by atoms with van der Waals surface area (Å²) in [5, 5.41) is 0.648. The Morgan fingerprint density at radius 1 is 1.55 bits per heavy atom. The van der Waals surface area contributed by atoms with Crippen LogP contribution in [0.2, 0.25) is 5.02 Å². The number of nitrogens with zero attached hydrogens (tertiary/aromatic N) is 1. The van der Waals surface area contributed by atoms with E-state index in [0.717, 1.165) is 5.69 Å².